The van der Waals surface area contributed by atoms with Crippen molar-refractivity contribution in [1.29, 1.82) is 0 Å². The Hall–Kier alpha value is -6.12. The fourth-order valence-corrected chi connectivity index (χ4v) is 8.16. The number of fused-ring (bicyclic) bond motifs is 8. The molecule has 10 rings (SSSR count). The molecule has 1 aliphatic rings. The predicted molar refractivity (Wildman–Crippen MR) is 206 cm³/mol. The number of furan rings is 1. The van der Waals surface area contributed by atoms with E-state index in [1.807, 2.05) is 12.1 Å². The zero-order valence-corrected chi connectivity index (χ0v) is 27.4. The highest BCUT2D eigenvalue weighted by Crippen LogP contribution is 2.51. The van der Waals surface area contributed by atoms with Gasteiger partial charge in [-0.25, -0.2) is 0 Å². The molecule has 0 fully saturated rings. The molecule has 9 aromatic rings. The van der Waals surface area contributed by atoms with Crippen LogP contribution in [0.5, 0.6) is 0 Å². The third-order valence-corrected chi connectivity index (χ3v) is 10.6. The molecule has 2 nitrogen and oxygen atoms in total. The molecular formula is C47H33NO. The molecule has 8 aromatic carbocycles. The molecule has 0 saturated carbocycles. The summed E-state index contributed by atoms with van der Waals surface area (Å²) in [4.78, 5) is 2.40. The second kappa shape index (κ2) is 10.4. The molecule has 0 atom stereocenters. The van der Waals surface area contributed by atoms with Crippen LogP contribution in [0.2, 0.25) is 0 Å². The van der Waals surface area contributed by atoms with E-state index in [0.717, 1.165) is 44.4 Å². The maximum atomic E-state index is 6.23. The van der Waals surface area contributed by atoms with Crippen molar-refractivity contribution < 1.29 is 4.42 Å². The monoisotopic (exact) mass is 627 g/mol. The molecule has 0 N–H and O–H groups in total. The largest absolute Gasteiger partial charge is 0.456 e. The Labute approximate surface area is 285 Å². The van der Waals surface area contributed by atoms with Crippen LogP contribution < -0.4 is 4.90 Å². The van der Waals surface area contributed by atoms with Crippen molar-refractivity contribution >= 4 is 60.5 Å². The minimum Gasteiger partial charge on any atom is -0.456 e. The van der Waals surface area contributed by atoms with Crippen molar-refractivity contribution in [2.75, 3.05) is 4.90 Å². The van der Waals surface area contributed by atoms with E-state index >= 15 is 0 Å². The third kappa shape index (κ3) is 4.27. The topological polar surface area (TPSA) is 16.4 Å². The molecule has 0 amide bonds. The Morgan fingerprint density at radius 1 is 0.408 bits per heavy atom. The van der Waals surface area contributed by atoms with Crippen LogP contribution in [0.4, 0.5) is 17.1 Å². The molecule has 1 aromatic heterocycles. The lowest BCUT2D eigenvalue weighted by Crippen LogP contribution is -2.15. The first-order valence-corrected chi connectivity index (χ1v) is 17.0. The number of hydrogen-bond donors (Lipinski definition) is 0. The Kier molecular flexibility index (Phi) is 5.95. The lowest BCUT2D eigenvalue weighted by atomic mass is 9.82. The van der Waals surface area contributed by atoms with Gasteiger partial charge in [-0.3, -0.25) is 0 Å². The summed E-state index contributed by atoms with van der Waals surface area (Å²) >= 11 is 0. The first-order valence-electron chi connectivity index (χ1n) is 17.0. The second-order valence-corrected chi connectivity index (χ2v) is 13.8. The highest BCUT2D eigenvalue weighted by atomic mass is 16.3. The predicted octanol–water partition coefficient (Wildman–Crippen LogP) is 13.3. The Balaban J connectivity index is 1.16. The van der Waals surface area contributed by atoms with Gasteiger partial charge in [-0.05, 0) is 110 Å². The highest BCUT2D eigenvalue weighted by molar-refractivity contribution is 6.10. The van der Waals surface area contributed by atoms with E-state index in [0.29, 0.717) is 0 Å². The van der Waals surface area contributed by atoms with Gasteiger partial charge in [0.2, 0.25) is 0 Å². The molecule has 0 spiro atoms. The van der Waals surface area contributed by atoms with Gasteiger partial charge in [-0.2, -0.15) is 0 Å². The van der Waals surface area contributed by atoms with Crippen LogP contribution in [0.15, 0.2) is 168 Å². The number of nitrogens with zero attached hydrogens (tertiary/aromatic N) is 1. The molecule has 0 radical (unpaired) electrons. The smallest absolute Gasteiger partial charge is 0.136 e. The maximum Gasteiger partial charge on any atom is 0.136 e. The summed E-state index contributed by atoms with van der Waals surface area (Å²) in [6.45, 7) is 4.68. The zero-order chi connectivity index (χ0) is 32.7. The summed E-state index contributed by atoms with van der Waals surface area (Å²) in [5.74, 6) is 0. The fraction of sp³-hybridized carbons (Fsp3) is 0.0638. The summed E-state index contributed by atoms with van der Waals surface area (Å²) in [6, 6.07) is 59.6. The van der Waals surface area contributed by atoms with Crippen LogP contribution in [0.1, 0.15) is 25.0 Å². The zero-order valence-electron chi connectivity index (χ0n) is 27.4. The molecule has 0 unspecified atom stereocenters. The van der Waals surface area contributed by atoms with E-state index in [2.05, 4.69) is 170 Å². The van der Waals surface area contributed by atoms with Crippen molar-refractivity contribution in [2.24, 2.45) is 0 Å². The molecule has 0 saturated heterocycles. The fourth-order valence-electron chi connectivity index (χ4n) is 8.16. The summed E-state index contributed by atoms with van der Waals surface area (Å²) in [5, 5.41) is 7.14. The molecule has 1 heterocycles. The lowest BCUT2D eigenvalue weighted by Gasteiger charge is -2.27. The van der Waals surface area contributed by atoms with Gasteiger partial charge in [-0.15, -0.1) is 0 Å². The number of rotatable bonds is 4. The summed E-state index contributed by atoms with van der Waals surface area (Å²) in [6.07, 6.45) is 0. The molecule has 0 aliphatic heterocycles. The van der Waals surface area contributed by atoms with Crippen molar-refractivity contribution in [1.82, 2.24) is 0 Å². The number of para-hydroxylation sites is 1. The van der Waals surface area contributed by atoms with Crippen LogP contribution in [-0.2, 0) is 5.41 Å². The summed E-state index contributed by atoms with van der Waals surface area (Å²) in [5.41, 5.74) is 13.0. The van der Waals surface area contributed by atoms with Gasteiger partial charge in [0.15, 0.2) is 0 Å². The first-order chi connectivity index (χ1) is 24.0. The van der Waals surface area contributed by atoms with Crippen LogP contribution in [-0.4, -0.2) is 0 Å². The van der Waals surface area contributed by atoms with Gasteiger partial charge in [0.25, 0.3) is 0 Å². The second-order valence-electron chi connectivity index (χ2n) is 13.8. The van der Waals surface area contributed by atoms with Gasteiger partial charge in [-0.1, -0.05) is 123 Å². The Morgan fingerprint density at radius 2 is 1.08 bits per heavy atom. The van der Waals surface area contributed by atoms with Gasteiger partial charge in [0.05, 0.1) is 0 Å². The minimum absolute atomic E-state index is 0.0446. The van der Waals surface area contributed by atoms with Crippen LogP contribution >= 0.6 is 0 Å². The normalized spacial score (nSPS) is 13.3. The van der Waals surface area contributed by atoms with Crippen molar-refractivity contribution in [2.45, 2.75) is 19.3 Å². The maximum absolute atomic E-state index is 6.23. The van der Waals surface area contributed by atoms with Crippen LogP contribution in [0.25, 0.3) is 65.7 Å². The van der Waals surface area contributed by atoms with E-state index in [9.17, 15) is 0 Å². The first kappa shape index (κ1) is 27.9. The highest BCUT2D eigenvalue weighted by Gasteiger charge is 2.35. The van der Waals surface area contributed by atoms with E-state index in [4.69, 9.17) is 4.42 Å². The van der Waals surface area contributed by atoms with E-state index in [1.54, 1.807) is 0 Å². The van der Waals surface area contributed by atoms with Gasteiger partial charge in [0.1, 0.15) is 11.2 Å². The molecule has 2 heteroatoms. The van der Waals surface area contributed by atoms with Crippen molar-refractivity contribution in [3.05, 3.63) is 175 Å². The molecular weight excluding hydrogens is 595 g/mol. The van der Waals surface area contributed by atoms with Crippen molar-refractivity contribution in [3.63, 3.8) is 0 Å². The average molecular weight is 628 g/mol. The SMILES string of the molecule is CC1(C)c2ccccc2-c2cc(N(c3ccc(-c4cccc5ccccc45)cc3)c3ccc4cc5oc6ccccc6c5cc4c3)ccc21. The van der Waals surface area contributed by atoms with Gasteiger partial charge in [0, 0.05) is 33.2 Å². The molecule has 0 bridgehead atoms. The quantitative estimate of drug-likeness (QED) is 0.193. The van der Waals surface area contributed by atoms with Crippen molar-refractivity contribution in [3.8, 4) is 22.3 Å². The van der Waals surface area contributed by atoms with Crippen LogP contribution in [0.3, 0.4) is 0 Å². The average Bonchev–Trinajstić information content (AvgIpc) is 3.62. The molecule has 232 valence electrons. The Bertz CT molecular complexity index is 2740. The van der Waals surface area contributed by atoms with E-state index in [1.165, 1.54) is 49.5 Å². The molecule has 1 aliphatic carbocycles. The number of anilines is 3. The third-order valence-electron chi connectivity index (χ3n) is 10.6. The summed E-state index contributed by atoms with van der Waals surface area (Å²) < 4.78 is 6.23. The van der Waals surface area contributed by atoms with Gasteiger partial charge >= 0.3 is 0 Å². The number of hydrogen-bond acceptors (Lipinski definition) is 2. The molecule has 49 heavy (non-hydrogen) atoms. The lowest BCUT2D eigenvalue weighted by molar-refractivity contribution is 0.660. The number of benzene rings is 8. The summed E-state index contributed by atoms with van der Waals surface area (Å²) in [7, 11) is 0. The van der Waals surface area contributed by atoms with E-state index < -0.39 is 0 Å². The van der Waals surface area contributed by atoms with E-state index in [-0.39, 0.29) is 5.41 Å². The minimum atomic E-state index is -0.0446. The van der Waals surface area contributed by atoms with Crippen LogP contribution in [0, 0.1) is 0 Å². The van der Waals surface area contributed by atoms with Gasteiger partial charge < -0.3 is 9.32 Å². The standard InChI is InChI=1S/C47H33NO/c1-47(2)43-16-7-5-13-39(43)41-29-36(24-25-44(41)47)48(34-21-18-31(19-22-34)38-15-9-11-30-10-3-4-12-37(30)38)35-23-20-32-28-46-42(27-33(32)26-35)40-14-6-8-17-45(40)49-46/h3-29H,1-2H3. The Morgan fingerprint density at radius 3 is 1.98 bits per heavy atom.